The summed E-state index contributed by atoms with van der Waals surface area (Å²) >= 11 is 0. The van der Waals surface area contributed by atoms with Crippen LogP contribution in [0.2, 0.25) is 0 Å². The molecule has 2 atom stereocenters. The highest BCUT2D eigenvalue weighted by molar-refractivity contribution is 5.94. The zero-order chi connectivity index (χ0) is 15.8. The molecule has 0 fully saturated rings. The minimum atomic E-state index is -1.13. The van der Waals surface area contributed by atoms with Gasteiger partial charge in [-0.2, -0.15) is 0 Å². The average Bonchev–Trinajstić information content (AvgIpc) is 2.47. The molecule has 0 spiro atoms. The van der Waals surface area contributed by atoms with Gasteiger partial charge in [0, 0.05) is 24.9 Å². The number of carboxylic acid groups (broad SMARTS) is 1. The number of nitrogens with zero attached hydrogens (tertiary/aromatic N) is 1. The number of carbonyl (C=O) groups is 2. The second kappa shape index (κ2) is 8.21. The third-order valence-corrected chi connectivity index (χ3v) is 2.90. The molecule has 7 nitrogen and oxygen atoms in total. The molecule has 0 aliphatic heterocycles. The van der Waals surface area contributed by atoms with Gasteiger partial charge in [-0.05, 0) is 19.4 Å². The summed E-state index contributed by atoms with van der Waals surface area (Å²) in [5.74, 6) is -1.18. The molecule has 0 bridgehead atoms. The molecule has 0 aliphatic carbocycles. The maximum absolute atomic E-state index is 12.0. The molecule has 0 saturated carbocycles. The van der Waals surface area contributed by atoms with E-state index in [4.69, 9.17) is 14.6 Å². The summed E-state index contributed by atoms with van der Waals surface area (Å²) in [7, 11) is 1.27. The van der Waals surface area contributed by atoms with Crippen LogP contribution in [0.15, 0.2) is 18.3 Å². The fourth-order valence-electron chi connectivity index (χ4n) is 1.46. The Bertz CT molecular complexity index is 492. The summed E-state index contributed by atoms with van der Waals surface area (Å²) in [5, 5.41) is 11.3. The Kier molecular flexibility index (Phi) is 6.61. The minimum Gasteiger partial charge on any atom is -0.479 e. The number of carboxylic acids is 1. The first-order chi connectivity index (χ1) is 9.97. The second-order valence-corrected chi connectivity index (χ2v) is 4.49. The van der Waals surface area contributed by atoms with Crippen LogP contribution >= 0.6 is 0 Å². The van der Waals surface area contributed by atoms with Crippen molar-refractivity contribution >= 4 is 11.9 Å². The predicted molar refractivity (Wildman–Crippen MR) is 75.4 cm³/mol. The lowest BCUT2D eigenvalue weighted by Crippen LogP contribution is -2.37. The lowest BCUT2D eigenvalue weighted by Gasteiger charge is -2.13. The van der Waals surface area contributed by atoms with E-state index in [0.29, 0.717) is 11.4 Å². The molecule has 0 aliphatic rings. The number of hydrogen-bond acceptors (Lipinski definition) is 5. The Morgan fingerprint density at radius 3 is 2.76 bits per heavy atom. The number of pyridine rings is 1. The number of aromatic nitrogens is 1. The Labute approximate surface area is 123 Å². The van der Waals surface area contributed by atoms with Crippen molar-refractivity contribution in [1.82, 2.24) is 10.3 Å². The van der Waals surface area contributed by atoms with Gasteiger partial charge >= 0.3 is 5.97 Å². The van der Waals surface area contributed by atoms with E-state index in [0.717, 1.165) is 6.42 Å². The first-order valence-corrected chi connectivity index (χ1v) is 6.64. The standard InChI is InChI=1S/C14H20N2O5/c1-4-9(2)21-12-7-10(5-6-15-12)13(17)16-8-11(20-3)14(18)19/h5-7,9,11H,4,8H2,1-3H3,(H,16,17)(H,18,19). The second-order valence-electron chi connectivity index (χ2n) is 4.49. The topological polar surface area (TPSA) is 97.8 Å². The van der Waals surface area contributed by atoms with E-state index in [-0.39, 0.29) is 12.6 Å². The van der Waals surface area contributed by atoms with Crippen LogP contribution < -0.4 is 10.1 Å². The first kappa shape index (κ1) is 16.9. The number of ether oxygens (including phenoxy) is 2. The fourth-order valence-corrected chi connectivity index (χ4v) is 1.46. The van der Waals surface area contributed by atoms with Gasteiger partial charge in [-0.3, -0.25) is 4.79 Å². The highest BCUT2D eigenvalue weighted by Crippen LogP contribution is 2.12. The number of aliphatic carboxylic acids is 1. The van der Waals surface area contributed by atoms with Crippen LogP contribution in [0, 0.1) is 0 Å². The fraction of sp³-hybridized carbons (Fsp3) is 0.500. The van der Waals surface area contributed by atoms with E-state index >= 15 is 0 Å². The van der Waals surface area contributed by atoms with E-state index in [1.165, 1.54) is 25.4 Å². The molecule has 7 heteroatoms. The smallest absolute Gasteiger partial charge is 0.334 e. The Hall–Kier alpha value is -2.15. The molecule has 116 valence electrons. The SMILES string of the molecule is CCC(C)Oc1cc(C(=O)NCC(OC)C(=O)O)ccn1. The lowest BCUT2D eigenvalue weighted by atomic mass is 10.2. The summed E-state index contributed by atoms with van der Waals surface area (Å²) < 4.78 is 10.3. The van der Waals surface area contributed by atoms with Crippen molar-refractivity contribution in [1.29, 1.82) is 0 Å². The summed E-state index contributed by atoms with van der Waals surface area (Å²) in [5.41, 5.74) is 0.351. The van der Waals surface area contributed by atoms with Gasteiger partial charge in [0.25, 0.3) is 5.91 Å². The number of carbonyl (C=O) groups excluding carboxylic acids is 1. The summed E-state index contributed by atoms with van der Waals surface area (Å²) in [6.07, 6.45) is 1.22. The number of rotatable bonds is 8. The molecule has 1 aromatic heterocycles. The van der Waals surface area contributed by atoms with E-state index in [1.807, 2.05) is 13.8 Å². The van der Waals surface area contributed by atoms with Crippen LogP contribution in [0.25, 0.3) is 0 Å². The maximum Gasteiger partial charge on any atom is 0.334 e. The van der Waals surface area contributed by atoms with Crippen LogP contribution in [0.4, 0.5) is 0 Å². The van der Waals surface area contributed by atoms with E-state index in [1.54, 1.807) is 0 Å². The Morgan fingerprint density at radius 2 is 2.19 bits per heavy atom. The zero-order valence-electron chi connectivity index (χ0n) is 12.3. The largest absolute Gasteiger partial charge is 0.479 e. The van der Waals surface area contributed by atoms with Crippen molar-refractivity contribution in [3.63, 3.8) is 0 Å². The highest BCUT2D eigenvalue weighted by atomic mass is 16.5. The summed E-state index contributed by atoms with van der Waals surface area (Å²) in [6.45, 7) is 3.77. The maximum atomic E-state index is 12.0. The summed E-state index contributed by atoms with van der Waals surface area (Å²) in [4.78, 5) is 26.8. The molecule has 21 heavy (non-hydrogen) atoms. The van der Waals surface area contributed by atoms with Crippen molar-refractivity contribution in [3.05, 3.63) is 23.9 Å². The van der Waals surface area contributed by atoms with Crippen molar-refractivity contribution in [2.45, 2.75) is 32.5 Å². The van der Waals surface area contributed by atoms with Gasteiger partial charge in [-0.25, -0.2) is 9.78 Å². The van der Waals surface area contributed by atoms with Gasteiger partial charge in [-0.15, -0.1) is 0 Å². The highest BCUT2D eigenvalue weighted by Gasteiger charge is 2.18. The molecule has 0 saturated heterocycles. The molecule has 1 rings (SSSR count). The van der Waals surface area contributed by atoms with Gasteiger partial charge in [0.05, 0.1) is 12.6 Å². The van der Waals surface area contributed by atoms with Gasteiger partial charge in [-0.1, -0.05) is 6.92 Å². The third kappa shape index (κ3) is 5.39. The number of nitrogens with one attached hydrogen (secondary N) is 1. The van der Waals surface area contributed by atoms with Gasteiger partial charge in [0.2, 0.25) is 5.88 Å². The third-order valence-electron chi connectivity index (χ3n) is 2.90. The molecular weight excluding hydrogens is 276 g/mol. The van der Waals surface area contributed by atoms with Gasteiger partial charge in [0.15, 0.2) is 6.10 Å². The Balaban J connectivity index is 2.66. The molecule has 2 unspecified atom stereocenters. The molecular formula is C14H20N2O5. The molecule has 1 aromatic rings. The zero-order valence-corrected chi connectivity index (χ0v) is 12.3. The molecule has 0 aromatic carbocycles. The van der Waals surface area contributed by atoms with Gasteiger partial charge in [0.1, 0.15) is 0 Å². The van der Waals surface area contributed by atoms with Crippen molar-refractivity contribution in [2.75, 3.05) is 13.7 Å². The number of amides is 1. The van der Waals surface area contributed by atoms with Crippen LogP contribution in [-0.4, -0.2) is 47.8 Å². The lowest BCUT2D eigenvalue weighted by molar-refractivity contribution is -0.148. The molecule has 1 amide bonds. The van der Waals surface area contributed by atoms with E-state index in [9.17, 15) is 9.59 Å². The number of hydrogen-bond donors (Lipinski definition) is 2. The first-order valence-electron chi connectivity index (χ1n) is 6.64. The molecule has 2 N–H and O–H groups in total. The van der Waals surface area contributed by atoms with E-state index < -0.39 is 18.0 Å². The van der Waals surface area contributed by atoms with Crippen LogP contribution in [0.5, 0.6) is 5.88 Å². The Morgan fingerprint density at radius 1 is 1.48 bits per heavy atom. The summed E-state index contributed by atoms with van der Waals surface area (Å²) in [6, 6.07) is 3.05. The van der Waals surface area contributed by atoms with Crippen LogP contribution in [0.1, 0.15) is 30.6 Å². The minimum absolute atomic E-state index is 0.000642. The molecule has 1 heterocycles. The van der Waals surface area contributed by atoms with Gasteiger partial charge < -0.3 is 19.9 Å². The predicted octanol–water partition coefficient (Wildman–Crippen LogP) is 1.09. The number of methoxy groups -OCH3 is 1. The quantitative estimate of drug-likeness (QED) is 0.745. The van der Waals surface area contributed by atoms with Crippen LogP contribution in [0.3, 0.4) is 0 Å². The van der Waals surface area contributed by atoms with Crippen molar-refractivity contribution in [2.24, 2.45) is 0 Å². The normalized spacial score (nSPS) is 13.3. The van der Waals surface area contributed by atoms with Crippen molar-refractivity contribution in [3.8, 4) is 5.88 Å². The van der Waals surface area contributed by atoms with Crippen molar-refractivity contribution < 1.29 is 24.2 Å². The molecule has 0 radical (unpaired) electrons. The average molecular weight is 296 g/mol. The van der Waals surface area contributed by atoms with Crippen LogP contribution in [-0.2, 0) is 9.53 Å². The monoisotopic (exact) mass is 296 g/mol. The van der Waals surface area contributed by atoms with E-state index in [2.05, 4.69) is 10.3 Å².